The van der Waals surface area contributed by atoms with Crippen molar-refractivity contribution in [1.82, 2.24) is 20.3 Å². The van der Waals surface area contributed by atoms with Gasteiger partial charge in [0.25, 0.3) is 0 Å². The number of ether oxygens (including phenoxy) is 1. The van der Waals surface area contributed by atoms with Crippen LogP contribution in [0.15, 0.2) is 18.2 Å². The normalized spacial score (nSPS) is 20.5. The summed E-state index contributed by atoms with van der Waals surface area (Å²) in [5.41, 5.74) is 0.636. The molecule has 1 saturated heterocycles. The first-order chi connectivity index (χ1) is 15.2. The number of rotatable bonds is 8. The van der Waals surface area contributed by atoms with Crippen molar-refractivity contribution in [2.75, 3.05) is 25.5 Å². The van der Waals surface area contributed by atoms with Gasteiger partial charge in [-0.15, -0.1) is 0 Å². The highest BCUT2D eigenvalue weighted by molar-refractivity contribution is 5.58. The van der Waals surface area contributed by atoms with Crippen molar-refractivity contribution in [3.8, 4) is 17.1 Å². The average molecular weight is 428 g/mol. The summed E-state index contributed by atoms with van der Waals surface area (Å²) in [6.07, 6.45) is 9.70. The van der Waals surface area contributed by atoms with E-state index in [9.17, 15) is 4.39 Å². The van der Waals surface area contributed by atoms with Crippen molar-refractivity contribution < 1.29 is 9.13 Å². The van der Waals surface area contributed by atoms with Crippen LogP contribution in [0.5, 0.6) is 5.75 Å². The summed E-state index contributed by atoms with van der Waals surface area (Å²) in [4.78, 5) is 14.3. The Morgan fingerprint density at radius 3 is 2.65 bits per heavy atom. The number of aromatic nitrogens is 3. The van der Waals surface area contributed by atoms with Gasteiger partial charge >= 0.3 is 0 Å². The first-order valence-electron chi connectivity index (χ1n) is 11.7. The molecule has 0 amide bonds. The highest BCUT2D eigenvalue weighted by atomic mass is 19.1. The number of nitrogens with one attached hydrogen (secondary N) is 2. The Labute approximate surface area is 184 Å². The second-order valence-corrected chi connectivity index (χ2v) is 8.79. The van der Waals surface area contributed by atoms with Gasteiger partial charge in [0.05, 0.1) is 7.11 Å². The molecule has 0 radical (unpaired) electrons. The zero-order valence-corrected chi connectivity index (χ0v) is 18.7. The number of halogens is 1. The van der Waals surface area contributed by atoms with E-state index in [1.54, 1.807) is 12.1 Å². The van der Waals surface area contributed by atoms with Gasteiger partial charge in [0, 0.05) is 24.1 Å². The first-order valence-corrected chi connectivity index (χ1v) is 11.7. The summed E-state index contributed by atoms with van der Waals surface area (Å²) < 4.78 is 19.4. The highest BCUT2D eigenvalue weighted by Gasteiger charge is 2.28. The molecule has 1 aliphatic heterocycles. The van der Waals surface area contributed by atoms with Gasteiger partial charge < -0.3 is 15.4 Å². The van der Waals surface area contributed by atoms with Crippen molar-refractivity contribution in [2.45, 2.75) is 70.3 Å². The van der Waals surface area contributed by atoms with Crippen LogP contribution in [0.3, 0.4) is 0 Å². The third-order valence-electron chi connectivity index (χ3n) is 6.69. The van der Waals surface area contributed by atoms with Gasteiger partial charge in [-0.2, -0.15) is 9.97 Å². The number of anilines is 1. The summed E-state index contributed by atoms with van der Waals surface area (Å²) in [7, 11) is 1.47. The topological polar surface area (TPSA) is 72.0 Å². The maximum Gasteiger partial charge on any atom is 0.226 e. The van der Waals surface area contributed by atoms with Crippen molar-refractivity contribution in [1.29, 1.82) is 0 Å². The summed E-state index contributed by atoms with van der Waals surface area (Å²) in [5, 5.41) is 7.07. The van der Waals surface area contributed by atoms with Crippen LogP contribution < -0.4 is 15.4 Å². The lowest BCUT2D eigenvalue weighted by Gasteiger charge is -2.23. The van der Waals surface area contributed by atoms with Crippen LogP contribution in [-0.4, -0.2) is 41.2 Å². The van der Waals surface area contributed by atoms with Crippen molar-refractivity contribution >= 4 is 5.95 Å². The molecular weight excluding hydrogens is 393 g/mol. The van der Waals surface area contributed by atoms with Crippen molar-refractivity contribution in [3.63, 3.8) is 0 Å². The van der Waals surface area contributed by atoms with E-state index < -0.39 is 5.82 Å². The van der Waals surface area contributed by atoms with E-state index in [2.05, 4.69) is 22.5 Å². The molecule has 2 atom stereocenters. The maximum absolute atomic E-state index is 14.4. The van der Waals surface area contributed by atoms with Crippen LogP contribution in [0.4, 0.5) is 10.3 Å². The molecule has 1 aromatic heterocycles. The third kappa shape index (κ3) is 5.32. The SMILES string of the molecule is CC[C@@H](c1nc(NCC2CCCCC2)nc(-c2ccc(OC)c(F)c2)n1)C1CCCN1. The molecule has 6 nitrogen and oxygen atoms in total. The Hall–Kier alpha value is -2.28. The molecule has 2 fully saturated rings. The maximum atomic E-state index is 14.4. The molecule has 0 spiro atoms. The highest BCUT2D eigenvalue weighted by Crippen LogP contribution is 2.30. The van der Waals surface area contributed by atoms with E-state index >= 15 is 0 Å². The lowest BCUT2D eigenvalue weighted by atomic mass is 9.89. The van der Waals surface area contributed by atoms with Crippen LogP contribution >= 0.6 is 0 Å². The van der Waals surface area contributed by atoms with Crippen LogP contribution in [0, 0.1) is 11.7 Å². The molecule has 2 heterocycles. The molecule has 0 bridgehead atoms. The molecule has 4 rings (SSSR count). The first kappa shape index (κ1) is 21.9. The molecule has 2 aliphatic rings. The van der Waals surface area contributed by atoms with Crippen LogP contribution in [-0.2, 0) is 0 Å². The Balaban J connectivity index is 1.64. The second kappa shape index (κ2) is 10.4. The monoisotopic (exact) mass is 427 g/mol. The van der Waals surface area contributed by atoms with Crippen LogP contribution in [0.25, 0.3) is 11.4 Å². The smallest absolute Gasteiger partial charge is 0.226 e. The molecule has 7 heteroatoms. The minimum atomic E-state index is -0.414. The van der Waals surface area contributed by atoms with Crippen molar-refractivity contribution in [2.24, 2.45) is 5.92 Å². The molecule has 1 aliphatic carbocycles. The quantitative estimate of drug-likeness (QED) is 0.623. The minimum absolute atomic E-state index is 0.211. The lowest BCUT2D eigenvalue weighted by Crippen LogP contribution is -2.30. The Morgan fingerprint density at radius 2 is 1.97 bits per heavy atom. The van der Waals surface area contributed by atoms with E-state index in [-0.39, 0.29) is 11.7 Å². The van der Waals surface area contributed by atoms with E-state index in [1.165, 1.54) is 51.7 Å². The molecule has 168 valence electrons. The van der Waals surface area contributed by atoms with E-state index in [0.29, 0.717) is 29.3 Å². The molecule has 2 N–H and O–H groups in total. The summed E-state index contributed by atoms with van der Waals surface area (Å²) in [6, 6.07) is 5.25. The van der Waals surface area contributed by atoms with Crippen LogP contribution in [0.1, 0.15) is 70.0 Å². The van der Waals surface area contributed by atoms with E-state index in [0.717, 1.165) is 31.8 Å². The van der Waals surface area contributed by atoms with Gasteiger partial charge in [-0.3, -0.25) is 0 Å². The molecule has 1 aromatic carbocycles. The molecule has 2 aromatic rings. The largest absolute Gasteiger partial charge is 0.494 e. The number of nitrogens with zero attached hydrogens (tertiary/aromatic N) is 3. The Kier molecular flexibility index (Phi) is 7.33. The van der Waals surface area contributed by atoms with Gasteiger partial charge in [0.15, 0.2) is 17.4 Å². The van der Waals surface area contributed by atoms with E-state index in [4.69, 9.17) is 14.7 Å². The molecular formula is C24H34FN5O. The zero-order chi connectivity index (χ0) is 21.6. The number of hydrogen-bond acceptors (Lipinski definition) is 6. The molecule has 31 heavy (non-hydrogen) atoms. The molecule has 1 saturated carbocycles. The van der Waals surface area contributed by atoms with Crippen LogP contribution in [0.2, 0.25) is 0 Å². The fourth-order valence-electron chi connectivity index (χ4n) is 4.90. The van der Waals surface area contributed by atoms with Gasteiger partial charge in [0.1, 0.15) is 5.82 Å². The van der Waals surface area contributed by atoms with Gasteiger partial charge in [-0.1, -0.05) is 26.2 Å². The minimum Gasteiger partial charge on any atom is -0.494 e. The molecule has 1 unspecified atom stereocenters. The Bertz CT molecular complexity index is 865. The predicted molar refractivity (Wildman–Crippen MR) is 121 cm³/mol. The summed E-state index contributed by atoms with van der Waals surface area (Å²) >= 11 is 0. The third-order valence-corrected chi connectivity index (χ3v) is 6.69. The fraction of sp³-hybridized carbons (Fsp3) is 0.625. The van der Waals surface area contributed by atoms with Crippen molar-refractivity contribution in [3.05, 3.63) is 29.8 Å². The summed E-state index contributed by atoms with van der Waals surface area (Å²) in [5.74, 6) is 2.57. The standard InChI is InChI=1S/C24H34FN5O/c1-3-18(20-10-7-13-26-20)23-28-22(17-11-12-21(31-2)19(25)14-17)29-24(30-23)27-15-16-8-5-4-6-9-16/h11-12,14,16,18,20,26H,3-10,13,15H2,1-2H3,(H,27,28,29,30)/t18-,20?/m1/s1. The fourth-order valence-corrected chi connectivity index (χ4v) is 4.90. The number of hydrogen-bond donors (Lipinski definition) is 2. The Morgan fingerprint density at radius 1 is 1.13 bits per heavy atom. The number of methoxy groups -OCH3 is 1. The average Bonchev–Trinajstić information content (AvgIpc) is 3.33. The van der Waals surface area contributed by atoms with Gasteiger partial charge in [0.2, 0.25) is 5.95 Å². The predicted octanol–water partition coefficient (Wildman–Crippen LogP) is 4.92. The van der Waals surface area contributed by atoms with Gasteiger partial charge in [-0.25, -0.2) is 9.37 Å². The van der Waals surface area contributed by atoms with Gasteiger partial charge in [-0.05, 0) is 62.8 Å². The number of benzene rings is 1. The summed E-state index contributed by atoms with van der Waals surface area (Å²) in [6.45, 7) is 4.09. The zero-order valence-electron chi connectivity index (χ0n) is 18.7. The second-order valence-electron chi connectivity index (χ2n) is 8.79. The van der Waals surface area contributed by atoms with E-state index in [1.807, 2.05) is 0 Å². The lowest BCUT2D eigenvalue weighted by molar-refractivity contribution is 0.373.